The molecule has 4 heteroatoms. The number of aliphatic hydroxyl groups excluding tert-OH is 3. The molecule has 0 radical (unpaired) electrons. The topological polar surface area (TPSA) is 80.9 Å². The SMILES string of the molecule is OCC1=CC(O)=CC(c2cc(O)cc(CO)c2)C1. The van der Waals surface area contributed by atoms with Crippen LogP contribution in [0.4, 0.5) is 0 Å². The molecule has 1 atom stereocenters. The van der Waals surface area contributed by atoms with Gasteiger partial charge in [0.15, 0.2) is 0 Å². The second-order valence-corrected chi connectivity index (χ2v) is 4.45. The molecule has 2 rings (SSSR count). The van der Waals surface area contributed by atoms with Crippen LogP contribution >= 0.6 is 0 Å². The van der Waals surface area contributed by atoms with Gasteiger partial charge >= 0.3 is 0 Å². The van der Waals surface area contributed by atoms with Gasteiger partial charge in [0.2, 0.25) is 0 Å². The molecule has 0 saturated carbocycles. The monoisotopic (exact) mass is 248 g/mol. The molecule has 1 aromatic rings. The Morgan fingerprint density at radius 2 is 1.83 bits per heavy atom. The molecule has 0 heterocycles. The first-order valence-electron chi connectivity index (χ1n) is 5.77. The second kappa shape index (κ2) is 5.25. The number of phenolic OH excluding ortho intramolecular Hbond substituents is 1. The summed E-state index contributed by atoms with van der Waals surface area (Å²) in [5.41, 5.74) is 2.18. The van der Waals surface area contributed by atoms with Crippen LogP contribution in [0.2, 0.25) is 0 Å². The van der Waals surface area contributed by atoms with Crippen molar-refractivity contribution in [1.29, 1.82) is 0 Å². The normalized spacial score (nSPS) is 19.3. The van der Waals surface area contributed by atoms with E-state index >= 15 is 0 Å². The first kappa shape index (κ1) is 12.7. The summed E-state index contributed by atoms with van der Waals surface area (Å²) in [6.45, 7) is -0.243. The Labute approximate surface area is 105 Å². The highest BCUT2D eigenvalue weighted by Crippen LogP contribution is 2.32. The quantitative estimate of drug-likeness (QED) is 0.656. The van der Waals surface area contributed by atoms with Crippen molar-refractivity contribution in [3.63, 3.8) is 0 Å². The van der Waals surface area contributed by atoms with Crippen LogP contribution in [0.15, 0.2) is 41.7 Å². The zero-order valence-corrected chi connectivity index (χ0v) is 9.87. The van der Waals surface area contributed by atoms with Gasteiger partial charge in [-0.05, 0) is 47.4 Å². The van der Waals surface area contributed by atoms with Crippen LogP contribution < -0.4 is 0 Å². The van der Waals surface area contributed by atoms with Gasteiger partial charge in [0.05, 0.1) is 13.2 Å². The predicted molar refractivity (Wildman–Crippen MR) is 67.3 cm³/mol. The first-order valence-corrected chi connectivity index (χ1v) is 5.77. The number of phenols is 1. The molecule has 1 aromatic carbocycles. The maximum absolute atomic E-state index is 9.60. The summed E-state index contributed by atoms with van der Waals surface area (Å²) in [6, 6.07) is 4.89. The van der Waals surface area contributed by atoms with Crippen molar-refractivity contribution < 1.29 is 20.4 Å². The van der Waals surface area contributed by atoms with Crippen LogP contribution in [-0.2, 0) is 6.61 Å². The van der Waals surface area contributed by atoms with Gasteiger partial charge in [-0.1, -0.05) is 6.07 Å². The van der Waals surface area contributed by atoms with E-state index in [0.29, 0.717) is 12.0 Å². The molecule has 0 fully saturated rings. The van der Waals surface area contributed by atoms with E-state index in [2.05, 4.69) is 0 Å². The zero-order valence-electron chi connectivity index (χ0n) is 9.87. The summed E-state index contributed by atoms with van der Waals surface area (Å²) in [5.74, 6) is 0.100. The molecule has 0 amide bonds. The molecule has 0 spiro atoms. The average Bonchev–Trinajstić information content (AvgIpc) is 2.37. The third-order valence-electron chi connectivity index (χ3n) is 3.02. The van der Waals surface area contributed by atoms with Gasteiger partial charge in [-0.2, -0.15) is 0 Å². The largest absolute Gasteiger partial charge is 0.508 e. The van der Waals surface area contributed by atoms with Crippen molar-refractivity contribution in [2.24, 2.45) is 0 Å². The van der Waals surface area contributed by atoms with Crippen molar-refractivity contribution >= 4 is 0 Å². The highest BCUT2D eigenvalue weighted by Gasteiger charge is 2.17. The lowest BCUT2D eigenvalue weighted by Gasteiger charge is -2.20. The summed E-state index contributed by atoms with van der Waals surface area (Å²) < 4.78 is 0. The molecule has 0 saturated heterocycles. The van der Waals surface area contributed by atoms with Gasteiger partial charge in [-0.15, -0.1) is 0 Å². The van der Waals surface area contributed by atoms with Crippen LogP contribution in [0.25, 0.3) is 0 Å². The van der Waals surface area contributed by atoms with E-state index in [-0.39, 0.29) is 30.6 Å². The minimum absolute atomic E-state index is 0.0875. The summed E-state index contributed by atoms with van der Waals surface area (Å²) in [6.07, 6.45) is 3.82. The molecule has 0 bridgehead atoms. The maximum Gasteiger partial charge on any atom is 0.116 e. The van der Waals surface area contributed by atoms with Crippen molar-refractivity contribution in [2.45, 2.75) is 18.9 Å². The number of rotatable bonds is 3. The summed E-state index contributed by atoms with van der Waals surface area (Å²) in [4.78, 5) is 0. The molecular weight excluding hydrogens is 232 g/mol. The van der Waals surface area contributed by atoms with E-state index in [4.69, 9.17) is 10.2 Å². The molecule has 4 nitrogen and oxygen atoms in total. The fraction of sp³-hybridized carbons (Fsp3) is 0.286. The van der Waals surface area contributed by atoms with Crippen LogP contribution in [0, 0.1) is 0 Å². The summed E-state index contributed by atoms with van der Waals surface area (Å²) in [7, 11) is 0. The standard InChI is InChI=1S/C14H16O4/c15-7-9-1-11(5-13(17)3-9)12-2-10(8-16)4-14(18)6-12/h1,3-6,12,15-18H,2,7-8H2. The molecule has 0 aliphatic heterocycles. The van der Waals surface area contributed by atoms with E-state index in [0.717, 1.165) is 11.1 Å². The minimum Gasteiger partial charge on any atom is -0.508 e. The number of allylic oxidation sites excluding steroid dienone is 2. The highest BCUT2D eigenvalue weighted by molar-refractivity contribution is 5.40. The van der Waals surface area contributed by atoms with E-state index in [1.165, 1.54) is 6.07 Å². The van der Waals surface area contributed by atoms with Crippen LogP contribution in [0.3, 0.4) is 0 Å². The molecule has 4 N–H and O–H groups in total. The molecule has 1 aliphatic rings. The Kier molecular flexibility index (Phi) is 3.69. The van der Waals surface area contributed by atoms with Gasteiger partial charge in [0.1, 0.15) is 11.5 Å². The van der Waals surface area contributed by atoms with E-state index in [9.17, 15) is 10.2 Å². The predicted octanol–water partition coefficient (Wildman–Crippen LogP) is 1.73. The summed E-state index contributed by atoms with van der Waals surface area (Å²) >= 11 is 0. The Hall–Kier alpha value is -1.78. The van der Waals surface area contributed by atoms with E-state index in [1.807, 2.05) is 0 Å². The van der Waals surface area contributed by atoms with Gasteiger partial charge in [0, 0.05) is 5.92 Å². The van der Waals surface area contributed by atoms with Crippen molar-refractivity contribution in [1.82, 2.24) is 0 Å². The second-order valence-electron chi connectivity index (χ2n) is 4.45. The molecule has 1 aliphatic carbocycles. The Morgan fingerprint density at radius 3 is 2.50 bits per heavy atom. The number of hydrogen-bond donors (Lipinski definition) is 4. The molecule has 0 aromatic heterocycles. The fourth-order valence-electron chi connectivity index (χ4n) is 2.19. The zero-order chi connectivity index (χ0) is 13.1. The lowest BCUT2D eigenvalue weighted by molar-refractivity contribution is 0.281. The summed E-state index contributed by atoms with van der Waals surface area (Å²) in [5, 5.41) is 37.4. The van der Waals surface area contributed by atoms with Crippen LogP contribution in [0.1, 0.15) is 23.5 Å². The minimum atomic E-state index is -0.146. The smallest absolute Gasteiger partial charge is 0.116 e. The number of aliphatic hydroxyl groups is 3. The van der Waals surface area contributed by atoms with Crippen LogP contribution in [0.5, 0.6) is 5.75 Å². The van der Waals surface area contributed by atoms with Gasteiger partial charge in [-0.25, -0.2) is 0 Å². The van der Waals surface area contributed by atoms with Gasteiger partial charge in [0.25, 0.3) is 0 Å². The van der Waals surface area contributed by atoms with E-state index < -0.39 is 0 Å². The number of hydrogen-bond acceptors (Lipinski definition) is 4. The first-order chi connectivity index (χ1) is 8.62. The highest BCUT2D eigenvalue weighted by atomic mass is 16.3. The third kappa shape index (κ3) is 2.72. The lowest BCUT2D eigenvalue weighted by atomic mass is 9.87. The molecule has 96 valence electrons. The lowest BCUT2D eigenvalue weighted by Crippen LogP contribution is -2.07. The van der Waals surface area contributed by atoms with Crippen molar-refractivity contribution in [3.05, 3.63) is 52.8 Å². The van der Waals surface area contributed by atoms with Crippen molar-refractivity contribution in [2.75, 3.05) is 6.61 Å². The van der Waals surface area contributed by atoms with Gasteiger partial charge < -0.3 is 20.4 Å². The molecular formula is C14H16O4. The molecule has 18 heavy (non-hydrogen) atoms. The van der Waals surface area contributed by atoms with Crippen LogP contribution in [-0.4, -0.2) is 27.0 Å². The van der Waals surface area contributed by atoms with Crippen molar-refractivity contribution in [3.8, 4) is 5.75 Å². The van der Waals surface area contributed by atoms with E-state index in [1.54, 1.807) is 24.3 Å². The Balaban J connectivity index is 2.33. The Morgan fingerprint density at radius 1 is 1.06 bits per heavy atom. The fourth-order valence-corrected chi connectivity index (χ4v) is 2.19. The Bertz CT molecular complexity index is 503. The molecule has 1 unspecified atom stereocenters. The number of aromatic hydroxyl groups is 1. The maximum atomic E-state index is 9.60. The third-order valence-corrected chi connectivity index (χ3v) is 3.02. The number of benzene rings is 1. The average molecular weight is 248 g/mol. The van der Waals surface area contributed by atoms with Gasteiger partial charge in [-0.3, -0.25) is 0 Å².